The maximum atomic E-state index is 13.0. The van der Waals surface area contributed by atoms with Crippen LogP contribution in [0.3, 0.4) is 0 Å². The minimum Gasteiger partial charge on any atom is -0.324 e. The van der Waals surface area contributed by atoms with E-state index in [0.29, 0.717) is 36.6 Å². The standard InChI is InChI=1S/C20H20N4O3S2/c25-19(23-17-7-4-10-21-13-17)15-8-11-24(12-9-15)29(26,27)18-14-22-20(28-18)16-5-2-1-3-6-16/h1-7,10,13-15H,8-9,11-12H2,(H,23,25). The third-order valence-corrected chi connectivity index (χ3v) is 8.23. The molecule has 0 saturated carbocycles. The normalized spacial score (nSPS) is 15.9. The highest BCUT2D eigenvalue weighted by Crippen LogP contribution is 2.31. The Labute approximate surface area is 173 Å². The molecule has 4 rings (SSSR count). The minimum atomic E-state index is -3.61. The Hall–Kier alpha value is -2.62. The van der Waals surface area contributed by atoms with Crippen LogP contribution in [0.2, 0.25) is 0 Å². The molecule has 1 aliphatic rings. The average Bonchev–Trinajstić information content (AvgIpc) is 3.26. The van der Waals surface area contributed by atoms with Crippen LogP contribution in [0.1, 0.15) is 12.8 Å². The Morgan fingerprint density at radius 3 is 2.52 bits per heavy atom. The van der Waals surface area contributed by atoms with E-state index < -0.39 is 10.0 Å². The van der Waals surface area contributed by atoms with Gasteiger partial charge in [0.1, 0.15) is 5.01 Å². The minimum absolute atomic E-state index is 0.0980. The summed E-state index contributed by atoms with van der Waals surface area (Å²) in [4.78, 5) is 20.7. The van der Waals surface area contributed by atoms with Crippen molar-refractivity contribution in [1.29, 1.82) is 0 Å². The molecular formula is C20H20N4O3S2. The van der Waals surface area contributed by atoms with Gasteiger partial charge in [0, 0.05) is 30.8 Å². The van der Waals surface area contributed by atoms with Gasteiger partial charge in [0.25, 0.3) is 10.0 Å². The number of carbonyl (C=O) groups excluding carboxylic acids is 1. The Balaban J connectivity index is 1.40. The predicted octanol–water partition coefficient (Wildman–Crippen LogP) is 3.24. The van der Waals surface area contributed by atoms with Gasteiger partial charge in [-0.05, 0) is 25.0 Å². The molecule has 1 fully saturated rings. The van der Waals surface area contributed by atoms with Gasteiger partial charge >= 0.3 is 0 Å². The quantitative estimate of drug-likeness (QED) is 0.673. The Bertz CT molecular complexity index is 1080. The van der Waals surface area contributed by atoms with Gasteiger partial charge < -0.3 is 5.32 Å². The van der Waals surface area contributed by atoms with Crippen LogP contribution in [-0.4, -0.2) is 41.7 Å². The summed E-state index contributed by atoms with van der Waals surface area (Å²) in [6.45, 7) is 0.623. The number of thiazole rings is 1. The second-order valence-corrected chi connectivity index (χ2v) is 9.96. The van der Waals surface area contributed by atoms with Gasteiger partial charge in [0.2, 0.25) is 5.91 Å². The molecule has 1 aromatic carbocycles. The molecule has 150 valence electrons. The number of piperidine rings is 1. The summed E-state index contributed by atoms with van der Waals surface area (Å²) in [5.74, 6) is -0.317. The fourth-order valence-corrected chi connectivity index (χ4v) is 6.02. The third-order valence-electron chi connectivity index (χ3n) is 4.85. The van der Waals surface area contributed by atoms with E-state index in [-0.39, 0.29) is 16.0 Å². The van der Waals surface area contributed by atoms with Crippen LogP contribution in [0, 0.1) is 5.92 Å². The van der Waals surface area contributed by atoms with E-state index >= 15 is 0 Å². The molecular weight excluding hydrogens is 408 g/mol. The summed E-state index contributed by atoms with van der Waals surface area (Å²) in [6, 6.07) is 13.0. The van der Waals surface area contributed by atoms with Gasteiger partial charge in [-0.3, -0.25) is 9.78 Å². The zero-order chi connectivity index (χ0) is 20.3. The van der Waals surface area contributed by atoms with Crippen molar-refractivity contribution in [3.8, 4) is 10.6 Å². The number of nitrogens with zero attached hydrogens (tertiary/aromatic N) is 3. The van der Waals surface area contributed by atoms with E-state index in [0.717, 1.165) is 5.56 Å². The van der Waals surface area contributed by atoms with E-state index in [2.05, 4.69) is 15.3 Å². The molecule has 0 bridgehead atoms. The van der Waals surface area contributed by atoms with Crippen molar-refractivity contribution in [2.45, 2.75) is 17.1 Å². The molecule has 0 radical (unpaired) electrons. The summed E-state index contributed by atoms with van der Waals surface area (Å²) < 4.78 is 27.7. The third kappa shape index (κ3) is 4.36. The van der Waals surface area contributed by atoms with E-state index in [1.54, 1.807) is 24.5 Å². The number of rotatable bonds is 5. The van der Waals surface area contributed by atoms with Gasteiger partial charge in [0.15, 0.2) is 4.21 Å². The SMILES string of the molecule is O=C(Nc1cccnc1)C1CCN(S(=O)(=O)c2cnc(-c3ccccc3)s2)CC1. The molecule has 0 spiro atoms. The molecule has 2 aromatic heterocycles. The molecule has 3 aromatic rings. The lowest BCUT2D eigenvalue weighted by molar-refractivity contribution is -0.120. The number of hydrogen-bond acceptors (Lipinski definition) is 6. The molecule has 0 unspecified atom stereocenters. The molecule has 0 atom stereocenters. The van der Waals surface area contributed by atoms with E-state index in [1.807, 2.05) is 30.3 Å². The number of pyridine rings is 1. The first-order chi connectivity index (χ1) is 14.0. The first kappa shape index (κ1) is 19.7. The zero-order valence-corrected chi connectivity index (χ0v) is 17.2. The highest BCUT2D eigenvalue weighted by atomic mass is 32.2. The number of benzene rings is 1. The topological polar surface area (TPSA) is 92.3 Å². The van der Waals surface area contributed by atoms with Crippen molar-refractivity contribution < 1.29 is 13.2 Å². The molecule has 1 N–H and O–H groups in total. The molecule has 1 amide bonds. The summed E-state index contributed by atoms with van der Waals surface area (Å²) in [7, 11) is -3.61. The van der Waals surface area contributed by atoms with Crippen LogP contribution in [0.4, 0.5) is 5.69 Å². The summed E-state index contributed by atoms with van der Waals surface area (Å²) in [5.41, 5.74) is 1.54. The monoisotopic (exact) mass is 428 g/mol. The highest BCUT2D eigenvalue weighted by Gasteiger charge is 2.33. The molecule has 1 saturated heterocycles. The summed E-state index contributed by atoms with van der Waals surface area (Å²) in [6.07, 6.45) is 5.61. The van der Waals surface area contributed by atoms with Crippen molar-refractivity contribution in [3.05, 3.63) is 61.1 Å². The van der Waals surface area contributed by atoms with Crippen LogP contribution in [0.25, 0.3) is 10.6 Å². The van der Waals surface area contributed by atoms with Gasteiger partial charge in [-0.25, -0.2) is 13.4 Å². The molecule has 29 heavy (non-hydrogen) atoms. The van der Waals surface area contributed by atoms with Gasteiger partial charge in [-0.15, -0.1) is 11.3 Å². The fraction of sp³-hybridized carbons (Fsp3) is 0.250. The first-order valence-corrected chi connectivity index (χ1v) is 11.5. The number of carbonyl (C=O) groups is 1. The lowest BCUT2D eigenvalue weighted by Crippen LogP contribution is -2.41. The number of amides is 1. The van der Waals surface area contributed by atoms with Crippen molar-refractivity contribution in [1.82, 2.24) is 14.3 Å². The largest absolute Gasteiger partial charge is 0.324 e. The van der Waals surface area contributed by atoms with Gasteiger partial charge in [-0.1, -0.05) is 30.3 Å². The Morgan fingerprint density at radius 2 is 1.83 bits per heavy atom. The fourth-order valence-electron chi connectivity index (χ4n) is 3.26. The number of sulfonamides is 1. The number of hydrogen-bond donors (Lipinski definition) is 1. The lowest BCUT2D eigenvalue weighted by atomic mass is 9.97. The maximum Gasteiger partial charge on any atom is 0.254 e. The lowest BCUT2D eigenvalue weighted by Gasteiger charge is -2.30. The van der Waals surface area contributed by atoms with Crippen LogP contribution in [0.15, 0.2) is 65.3 Å². The van der Waals surface area contributed by atoms with Crippen LogP contribution >= 0.6 is 11.3 Å². The van der Waals surface area contributed by atoms with Crippen molar-refractivity contribution in [2.24, 2.45) is 5.92 Å². The highest BCUT2D eigenvalue weighted by molar-refractivity contribution is 7.91. The zero-order valence-electron chi connectivity index (χ0n) is 15.6. The molecule has 0 aliphatic carbocycles. The van der Waals surface area contributed by atoms with Crippen molar-refractivity contribution in [3.63, 3.8) is 0 Å². The van der Waals surface area contributed by atoms with E-state index in [1.165, 1.54) is 21.8 Å². The van der Waals surface area contributed by atoms with Gasteiger partial charge in [0.05, 0.1) is 18.1 Å². The smallest absolute Gasteiger partial charge is 0.254 e. The second-order valence-electron chi connectivity index (χ2n) is 6.76. The summed E-state index contributed by atoms with van der Waals surface area (Å²) in [5, 5.41) is 3.52. The number of nitrogens with one attached hydrogen (secondary N) is 1. The Kier molecular flexibility index (Phi) is 5.70. The number of anilines is 1. The molecule has 7 nitrogen and oxygen atoms in total. The maximum absolute atomic E-state index is 13.0. The van der Waals surface area contributed by atoms with Crippen LogP contribution < -0.4 is 5.32 Å². The first-order valence-electron chi connectivity index (χ1n) is 9.26. The molecule has 9 heteroatoms. The number of aromatic nitrogens is 2. The van der Waals surface area contributed by atoms with Crippen molar-refractivity contribution in [2.75, 3.05) is 18.4 Å². The second kappa shape index (κ2) is 8.40. The van der Waals surface area contributed by atoms with Crippen LogP contribution in [0.5, 0.6) is 0 Å². The van der Waals surface area contributed by atoms with Crippen molar-refractivity contribution >= 4 is 33.0 Å². The predicted molar refractivity (Wildman–Crippen MR) is 112 cm³/mol. The van der Waals surface area contributed by atoms with Crippen LogP contribution in [-0.2, 0) is 14.8 Å². The average molecular weight is 429 g/mol. The molecule has 1 aliphatic heterocycles. The van der Waals surface area contributed by atoms with E-state index in [4.69, 9.17) is 0 Å². The molecule has 3 heterocycles. The summed E-state index contributed by atoms with van der Waals surface area (Å²) >= 11 is 1.17. The Morgan fingerprint density at radius 1 is 1.07 bits per heavy atom. The van der Waals surface area contributed by atoms with E-state index in [9.17, 15) is 13.2 Å². The van der Waals surface area contributed by atoms with Gasteiger partial charge in [-0.2, -0.15) is 4.31 Å².